The summed E-state index contributed by atoms with van der Waals surface area (Å²) in [6, 6.07) is 7.21. The summed E-state index contributed by atoms with van der Waals surface area (Å²) in [5.41, 5.74) is 1.80. The van der Waals surface area contributed by atoms with E-state index in [9.17, 15) is 0 Å². The van der Waals surface area contributed by atoms with E-state index in [1.807, 2.05) is 17.5 Å². The Kier molecular flexibility index (Phi) is 4.99. The van der Waals surface area contributed by atoms with Gasteiger partial charge in [0.1, 0.15) is 5.75 Å². The quantitative estimate of drug-likeness (QED) is 0.717. The molecule has 1 aromatic carbocycles. The first-order chi connectivity index (χ1) is 11.3. The van der Waals surface area contributed by atoms with Gasteiger partial charge in [-0.25, -0.2) is 4.98 Å². The van der Waals surface area contributed by atoms with Crippen molar-refractivity contribution >= 4 is 11.3 Å². The number of nitrogens with zero attached hydrogens (tertiary/aromatic N) is 3. The highest BCUT2D eigenvalue weighted by molar-refractivity contribution is 7.09. The van der Waals surface area contributed by atoms with Crippen LogP contribution in [0.1, 0.15) is 34.9 Å². The van der Waals surface area contributed by atoms with Crippen LogP contribution in [0.4, 0.5) is 0 Å². The number of thiazole rings is 1. The fourth-order valence-corrected chi connectivity index (χ4v) is 2.76. The van der Waals surface area contributed by atoms with Gasteiger partial charge in [0.25, 0.3) is 5.89 Å². The van der Waals surface area contributed by atoms with Gasteiger partial charge >= 0.3 is 0 Å². The average molecular weight is 331 g/mol. The van der Waals surface area contributed by atoms with Crippen LogP contribution >= 0.6 is 11.3 Å². The van der Waals surface area contributed by atoms with Crippen molar-refractivity contribution in [3.63, 3.8) is 0 Å². The second kappa shape index (κ2) is 7.34. The smallest absolute Gasteiger partial charge is 0.264 e. The molecule has 120 valence electrons. The lowest BCUT2D eigenvalue weighted by atomic mass is 10.2. The van der Waals surface area contributed by atoms with E-state index in [-0.39, 0.29) is 13.2 Å². The van der Waals surface area contributed by atoms with E-state index in [4.69, 9.17) is 14.4 Å². The van der Waals surface area contributed by atoms with Gasteiger partial charge < -0.3 is 14.4 Å². The number of rotatable bonds is 7. The van der Waals surface area contributed by atoms with Gasteiger partial charge in [0.2, 0.25) is 0 Å². The lowest BCUT2D eigenvalue weighted by molar-refractivity contribution is 0.242. The molecule has 6 nitrogen and oxygen atoms in total. The number of aliphatic hydroxyl groups excluding tert-OH is 1. The Labute approximate surface area is 137 Å². The fourth-order valence-electron chi connectivity index (χ4n) is 2.01. The van der Waals surface area contributed by atoms with Gasteiger partial charge in [0.05, 0.1) is 23.7 Å². The SMILES string of the molecule is CCc1nc(Cc2noc(COc3ccc(CO)cc3)n2)cs1. The van der Waals surface area contributed by atoms with E-state index in [2.05, 4.69) is 22.0 Å². The van der Waals surface area contributed by atoms with Gasteiger partial charge in [0.15, 0.2) is 12.4 Å². The summed E-state index contributed by atoms with van der Waals surface area (Å²) in [7, 11) is 0. The van der Waals surface area contributed by atoms with Gasteiger partial charge in [-0.3, -0.25) is 0 Å². The van der Waals surface area contributed by atoms with Gasteiger partial charge in [-0.15, -0.1) is 11.3 Å². The molecule has 0 aliphatic heterocycles. The summed E-state index contributed by atoms with van der Waals surface area (Å²) >= 11 is 1.65. The maximum atomic E-state index is 9.00. The van der Waals surface area contributed by atoms with Crippen molar-refractivity contribution in [3.8, 4) is 5.75 Å². The van der Waals surface area contributed by atoms with Crippen molar-refractivity contribution in [2.75, 3.05) is 0 Å². The Hall–Kier alpha value is -2.25. The largest absolute Gasteiger partial charge is 0.484 e. The molecule has 0 radical (unpaired) electrons. The summed E-state index contributed by atoms with van der Waals surface area (Å²) in [6.45, 7) is 2.31. The predicted octanol–water partition coefficient (Wildman–Crippen LogP) is 2.75. The summed E-state index contributed by atoms with van der Waals surface area (Å²) in [5, 5.41) is 16.1. The van der Waals surface area contributed by atoms with Crippen molar-refractivity contribution in [2.45, 2.75) is 33.0 Å². The Morgan fingerprint density at radius 1 is 1.22 bits per heavy atom. The van der Waals surface area contributed by atoms with Crippen molar-refractivity contribution in [2.24, 2.45) is 0 Å². The number of aryl methyl sites for hydroxylation is 1. The molecule has 0 saturated heterocycles. The molecule has 0 amide bonds. The molecule has 0 bridgehead atoms. The van der Waals surface area contributed by atoms with Crippen LogP contribution in [-0.4, -0.2) is 20.2 Å². The van der Waals surface area contributed by atoms with Crippen molar-refractivity contribution < 1.29 is 14.4 Å². The third kappa shape index (κ3) is 4.14. The Morgan fingerprint density at radius 3 is 2.74 bits per heavy atom. The number of aliphatic hydroxyl groups is 1. The third-order valence-corrected chi connectivity index (χ3v) is 4.26. The van der Waals surface area contributed by atoms with Crippen LogP contribution < -0.4 is 4.74 Å². The highest BCUT2D eigenvalue weighted by atomic mass is 32.1. The minimum absolute atomic E-state index is 0.0175. The van der Waals surface area contributed by atoms with E-state index >= 15 is 0 Å². The Balaban J connectivity index is 1.56. The van der Waals surface area contributed by atoms with Gasteiger partial charge in [-0.05, 0) is 24.1 Å². The molecular weight excluding hydrogens is 314 g/mol. The second-order valence-corrected chi connectivity index (χ2v) is 5.90. The van der Waals surface area contributed by atoms with Crippen molar-refractivity contribution in [1.29, 1.82) is 0 Å². The van der Waals surface area contributed by atoms with Crippen LogP contribution in [0.25, 0.3) is 0 Å². The molecule has 0 atom stereocenters. The molecule has 0 unspecified atom stereocenters. The molecule has 2 heterocycles. The standard InChI is InChI=1S/C16H17N3O3S/c1-2-16-17-12(10-23-16)7-14-18-15(22-19-14)9-21-13-5-3-11(8-20)4-6-13/h3-6,10,20H,2,7-9H2,1H3. The van der Waals surface area contributed by atoms with Gasteiger partial charge in [-0.1, -0.05) is 24.2 Å². The van der Waals surface area contributed by atoms with Gasteiger partial charge in [-0.2, -0.15) is 4.98 Å². The van der Waals surface area contributed by atoms with Crippen LogP contribution in [-0.2, 0) is 26.1 Å². The number of aromatic nitrogens is 3. The van der Waals surface area contributed by atoms with Gasteiger partial charge in [0, 0.05) is 5.38 Å². The van der Waals surface area contributed by atoms with Crippen LogP contribution in [0.5, 0.6) is 5.75 Å². The highest BCUT2D eigenvalue weighted by Gasteiger charge is 2.10. The average Bonchev–Trinajstić information content (AvgIpc) is 3.23. The van der Waals surface area contributed by atoms with E-state index in [0.717, 1.165) is 22.7 Å². The first-order valence-corrected chi connectivity index (χ1v) is 8.22. The number of hydrogen-bond donors (Lipinski definition) is 1. The zero-order valence-electron chi connectivity index (χ0n) is 12.7. The second-order valence-electron chi connectivity index (χ2n) is 4.96. The minimum atomic E-state index is 0.0175. The first-order valence-electron chi connectivity index (χ1n) is 7.34. The van der Waals surface area contributed by atoms with Crippen LogP contribution in [0.3, 0.4) is 0 Å². The molecule has 0 saturated carbocycles. The molecule has 3 rings (SSSR count). The first kappa shape index (κ1) is 15.6. The Morgan fingerprint density at radius 2 is 2.04 bits per heavy atom. The maximum Gasteiger partial charge on any atom is 0.264 e. The molecule has 7 heteroatoms. The zero-order valence-corrected chi connectivity index (χ0v) is 13.5. The van der Waals surface area contributed by atoms with E-state index < -0.39 is 0 Å². The molecule has 23 heavy (non-hydrogen) atoms. The molecule has 3 aromatic rings. The summed E-state index contributed by atoms with van der Waals surface area (Å²) in [5.74, 6) is 1.72. The Bertz CT molecular complexity index is 752. The summed E-state index contributed by atoms with van der Waals surface area (Å²) in [6.07, 6.45) is 1.50. The molecule has 0 fully saturated rings. The lowest BCUT2D eigenvalue weighted by Crippen LogP contribution is -1.97. The summed E-state index contributed by atoms with van der Waals surface area (Å²) < 4.78 is 10.8. The molecule has 2 aromatic heterocycles. The monoisotopic (exact) mass is 331 g/mol. The van der Waals surface area contributed by atoms with E-state index in [1.165, 1.54) is 0 Å². The topological polar surface area (TPSA) is 81.3 Å². The third-order valence-electron chi connectivity index (χ3n) is 3.22. The lowest BCUT2D eigenvalue weighted by Gasteiger charge is -2.03. The highest BCUT2D eigenvalue weighted by Crippen LogP contribution is 2.15. The number of benzene rings is 1. The normalized spacial score (nSPS) is 10.9. The molecule has 1 N–H and O–H groups in total. The predicted molar refractivity (Wildman–Crippen MR) is 85.3 cm³/mol. The summed E-state index contributed by atoms with van der Waals surface area (Å²) in [4.78, 5) is 8.80. The van der Waals surface area contributed by atoms with E-state index in [0.29, 0.717) is 23.9 Å². The fraction of sp³-hybridized carbons (Fsp3) is 0.312. The van der Waals surface area contributed by atoms with E-state index in [1.54, 1.807) is 23.5 Å². The number of hydrogen-bond acceptors (Lipinski definition) is 7. The molecular formula is C16H17N3O3S. The molecule has 0 aliphatic carbocycles. The van der Waals surface area contributed by atoms with Crippen molar-refractivity contribution in [3.05, 3.63) is 57.6 Å². The zero-order chi connectivity index (χ0) is 16.1. The minimum Gasteiger partial charge on any atom is -0.484 e. The maximum absolute atomic E-state index is 9.00. The van der Waals surface area contributed by atoms with Crippen LogP contribution in [0, 0.1) is 0 Å². The van der Waals surface area contributed by atoms with Crippen LogP contribution in [0.2, 0.25) is 0 Å². The number of ether oxygens (including phenoxy) is 1. The molecule has 0 aliphatic rings. The van der Waals surface area contributed by atoms with Crippen LogP contribution in [0.15, 0.2) is 34.2 Å². The van der Waals surface area contributed by atoms with Crippen molar-refractivity contribution in [1.82, 2.24) is 15.1 Å². The molecule has 0 spiro atoms.